The van der Waals surface area contributed by atoms with E-state index in [1.807, 2.05) is 10.8 Å². The molecule has 0 aliphatic carbocycles. The molecule has 0 aliphatic rings. The summed E-state index contributed by atoms with van der Waals surface area (Å²) in [5, 5.41) is 27.0. The standard InChI is InChI=1S/C12H14N2O5S/c1-8(15)11(12(16)17)14-20(18,19)7-10-5-3-2-4-9(10)6-13/h2-5,8,11,14-15H,7H2,1H3,(H,16,17). The minimum Gasteiger partial charge on any atom is -0.480 e. The Balaban J connectivity index is 2.96. The van der Waals surface area contributed by atoms with Gasteiger partial charge in [-0.15, -0.1) is 0 Å². The van der Waals surface area contributed by atoms with E-state index in [1.54, 1.807) is 12.1 Å². The van der Waals surface area contributed by atoms with Crippen LogP contribution in [0, 0.1) is 11.3 Å². The van der Waals surface area contributed by atoms with Gasteiger partial charge in [-0.1, -0.05) is 18.2 Å². The highest BCUT2D eigenvalue weighted by atomic mass is 32.2. The number of rotatable bonds is 6. The molecule has 0 aromatic heterocycles. The number of aliphatic hydroxyl groups excluding tert-OH is 1. The van der Waals surface area contributed by atoms with Crippen molar-refractivity contribution < 1.29 is 23.4 Å². The zero-order valence-electron chi connectivity index (χ0n) is 10.6. The van der Waals surface area contributed by atoms with Crippen LogP contribution in [0.3, 0.4) is 0 Å². The van der Waals surface area contributed by atoms with Gasteiger partial charge in [0, 0.05) is 0 Å². The van der Waals surface area contributed by atoms with Gasteiger partial charge >= 0.3 is 5.97 Å². The second-order valence-corrected chi connectivity index (χ2v) is 5.96. The largest absolute Gasteiger partial charge is 0.480 e. The molecule has 1 rings (SSSR count). The molecule has 0 amide bonds. The summed E-state index contributed by atoms with van der Waals surface area (Å²) in [6, 6.07) is 6.34. The van der Waals surface area contributed by atoms with E-state index in [0.29, 0.717) is 0 Å². The first-order chi connectivity index (χ1) is 9.26. The number of hydrogen-bond acceptors (Lipinski definition) is 5. The van der Waals surface area contributed by atoms with E-state index in [-0.39, 0.29) is 11.1 Å². The number of sulfonamides is 1. The quantitative estimate of drug-likeness (QED) is 0.668. The van der Waals surface area contributed by atoms with Gasteiger partial charge in [0.1, 0.15) is 6.04 Å². The molecule has 0 fully saturated rings. The fourth-order valence-corrected chi connectivity index (χ4v) is 2.98. The van der Waals surface area contributed by atoms with Gasteiger partial charge in [0.2, 0.25) is 10.0 Å². The number of benzene rings is 1. The molecule has 0 aliphatic heterocycles. The van der Waals surface area contributed by atoms with Crippen LogP contribution >= 0.6 is 0 Å². The van der Waals surface area contributed by atoms with Crippen molar-refractivity contribution in [3.63, 3.8) is 0 Å². The van der Waals surface area contributed by atoms with Crippen molar-refractivity contribution in [2.24, 2.45) is 0 Å². The Labute approximate surface area is 116 Å². The average molecular weight is 298 g/mol. The molecule has 7 nitrogen and oxygen atoms in total. The van der Waals surface area contributed by atoms with Gasteiger partial charge in [-0.25, -0.2) is 8.42 Å². The first kappa shape index (κ1) is 16.1. The third kappa shape index (κ3) is 4.31. The Kier molecular flexibility index (Phi) is 5.21. The van der Waals surface area contributed by atoms with E-state index in [0.717, 1.165) is 0 Å². The van der Waals surface area contributed by atoms with Crippen molar-refractivity contribution >= 4 is 16.0 Å². The topological polar surface area (TPSA) is 127 Å². The van der Waals surface area contributed by atoms with Gasteiger partial charge in [0.15, 0.2) is 0 Å². The van der Waals surface area contributed by atoms with Crippen LogP contribution in [0.4, 0.5) is 0 Å². The second-order valence-electron chi connectivity index (χ2n) is 4.20. The second kappa shape index (κ2) is 6.47. The number of carboxylic acids is 1. The zero-order chi connectivity index (χ0) is 15.3. The van der Waals surface area contributed by atoms with E-state index in [4.69, 9.17) is 10.4 Å². The molecular formula is C12H14N2O5S. The molecular weight excluding hydrogens is 284 g/mol. The highest BCUT2D eigenvalue weighted by molar-refractivity contribution is 7.88. The van der Waals surface area contributed by atoms with Crippen LogP contribution < -0.4 is 4.72 Å². The molecule has 2 unspecified atom stereocenters. The van der Waals surface area contributed by atoms with Crippen LogP contribution in [0.5, 0.6) is 0 Å². The van der Waals surface area contributed by atoms with Crippen molar-refractivity contribution in [2.45, 2.75) is 24.8 Å². The van der Waals surface area contributed by atoms with Crippen LogP contribution in [-0.4, -0.2) is 36.7 Å². The summed E-state index contributed by atoms with van der Waals surface area (Å²) in [5.41, 5.74) is 0.457. The number of nitrogens with zero attached hydrogens (tertiary/aromatic N) is 1. The maximum atomic E-state index is 11.9. The Morgan fingerprint density at radius 2 is 2.05 bits per heavy atom. The first-order valence-electron chi connectivity index (χ1n) is 5.65. The lowest BCUT2D eigenvalue weighted by molar-refractivity contribution is -0.141. The lowest BCUT2D eigenvalue weighted by atomic mass is 10.1. The predicted molar refractivity (Wildman–Crippen MR) is 70.0 cm³/mol. The summed E-state index contributed by atoms with van der Waals surface area (Å²) in [7, 11) is -4.00. The van der Waals surface area contributed by atoms with Gasteiger partial charge in [-0.2, -0.15) is 9.98 Å². The SMILES string of the molecule is CC(O)C(NS(=O)(=O)Cc1ccccc1C#N)C(=O)O. The average Bonchev–Trinajstić information content (AvgIpc) is 2.35. The third-order valence-corrected chi connectivity index (χ3v) is 3.84. The van der Waals surface area contributed by atoms with Gasteiger partial charge in [0.05, 0.1) is 23.5 Å². The first-order valence-corrected chi connectivity index (χ1v) is 7.31. The number of hydrogen-bond donors (Lipinski definition) is 3. The maximum Gasteiger partial charge on any atom is 0.324 e. The molecule has 0 spiro atoms. The molecule has 3 N–H and O–H groups in total. The van der Waals surface area contributed by atoms with Gasteiger partial charge < -0.3 is 10.2 Å². The van der Waals surface area contributed by atoms with Crippen molar-refractivity contribution in [2.75, 3.05) is 0 Å². The predicted octanol–water partition coefficient (Wildman–Crippen LogP) is -0.188. The monoisotopic (exact) mass is 298 g/mol. The van der Waals surface area contributed by atoms with Crippen molar-refractivity contribution in [3.05, 3.63) is 35.4 Å². The minimum absolute atomic E-state index is 0.196. The Morgan fingerprint density at radius 1 is 1.45 bits per heavy atom. The van der Waals surface area contributed by atoms with Crippen LogP contribution in [0.25, 0.3) is 0 Å². The van der Waals surface area contributed by atoms with Crippen LogP contribution in [-0.2, 0) is 20.6 Å². The third-order valence-electron chi connectivity index (χ3n) is 2.54. The molecule has 2 atom stereocenters. The lowest BCUT2D eigenvalue weighted by Crippen LogP contribution is -2.47. The molecule has 8 heteroatoms. The van der Waals surface area contributed by atoms with Crippen LogP contribution in [0.1, 0.15) is 18.1 Å². The maximum absolute atomic E-state index is 11.9. The lowest BCUT2D eigenvalue weighted by Gasteiger charge is -2.17. The number of nitrogens with one attached hydrogen (secondary N) is 1. The number of nitriles is 1. The molecule has 1 aromatic carbocycles. The smallest absolute Gasteiger partial charge is 0.324 e. The van der Waals surface area contributed by atoms with E-state index < -0.39 is 33.9 Å². The fraction of sp³-hybridized carbons (Fsp3) is 0.333. The summed E-state index contributed by atoms with van der Waals surface area (Å²) in [4.78, 5) is 10.9. The van der Waals surface area contributed by atoms with Crippen molar-refractivity contribution in [1.82, 2.24) is 4.72 Å². The van der Waals surface area contributed by atoms with Gasteiger partial charge in [-0.05, 0) is 18.6 Å². The fourth-order valence-electron chi connectivity index (χ4n) is 1.55. The normalized spacial score (nSPS) is 14.2. The molecule has 20 heavy (non-hydrogen) atoms. The summed E-state index contributed by atoms with van der Waals surface area (Å²) in [6.45, 7) is 1.17. The van der Waals surface area contributed by atoms with Crippen molar-refractivity contribution in [1.29, 1.82) is 5.26 Å². The molecule has 0 saturated heterocycles. The Morgan fingerprint density at radius 3 is 2.55 bits per heavy atom. The molecule has 108 valence electrons. The molecule has 1 aromatic rings. The van der Waals surface area contributed by atoms with E-state index >= 15 is 0 Å². The Hall–Kier alpha value is -1.95. The summed E-state index contributed by atoms with van der Waals surface area (Å²) in [5.74, 6) is -2.01. The van der Waals surface area contributed by atoms with Crippen LogP contribution in [0.15, 0.2) is 24.3 Å². The van der Waals surface area contributed by atoms with Gasteiger partial charge in [0.25, 0.3) is 0 Å². The summed E-state index contributed by atoms with van der Waals surface area (Å²) < 4.78 is 25.7. The van der Waals surface area contributed by atoms with E-state index in [9.17, 15) is 18.3 Å². The molecule has 0 bridgehead atoms. The summed E-state index contributed by atoms with van der Waals surface area (Å²) >= 11 is 0. The van der Waals surface area contributed by atoms with Gasteiger partial charge in [-0.3, -0.25) is 4.79 Å². The highest BCUT2D eigenvalue weighted by Crippen LogP contribution is 2.11. The number of carbonyl (C=O) groups is 1. The number of aliphatic hydroxyl groups is 1. The zero-order valence-corrected chi connectivity index (χ0v) is 11.5. The van der Waals surface area contributed by atoms with Crippen molar-refractivity contribution in [3.8, 4) is 6.07 Å². The van der Waals surface area contributed by atoms with Crippen LogP contribution in [0.2, 0.25) is 0 Å². The highest BCUT2D eigenvalue weighted by Gasteiger charge is 2.28. The minimum atomic E-state index is -4.00. The summed E-state index contributed by atoms with van der Waals surface area (Å²) in [6.07, 6.45) is -1.38. The number of carboxylic acid groups (broad SMARTS) is 1. The van der Waals surface area contributed by atoms with E-state index in [2.05, 4.69) is 0 Å². The Bertz CT molecular complexity index is 633. The molecule has 0 saturated carbocycles. The van der Waals surface area contributed by atoms with E-state index in [1.165, 1.54) is 19.1 Å². The molecule has 0 heterocycles. The molecule has 0 radical (unpaired) electrons. The number of aliphatic carboxylic acids is 1.